The van der Waals surface area contributed by atoms with Crippen LogP contribution in [-0.4, -0.2) is 0 Å². The number of thiophene rings is 2. The Morgan fingerprint density at radius 1 is 1.35 bits per heavy atom. The zero-order valence-electron chi connectivity index (χ0n) is 9.82. The van der Waals surface area contributed by atoms with E-state index in [1.165, 1.54) is 29.7 Å². The Bertz CT molecular complexity index is 463. The summed E-state index contributed by atoms with van der Waals surface area (Å²) in [5, 5.41) is 4.36. The summed E-state index contributed by atoms with van der Waals surface area (Å²) in [5.41, 5.74) is 9.28. The maximum Gasteiger partial charge on any atom is 0.0393 e. The average molecular weight is 263 g/mol. The molecule has 0 aliphatic heterocycles. The third-order valence-corrected chi connectivity index (χ3v) is 5.56. The molecule has 0 amide bonds. The molecule has 2 heterocycles. The third kappa shape index (κ3) is 2.46. The van der Waals surface area contributed by atoms with E-state index in [4.69, 9.17) is 5.73 Å². The van der Waals surface area contributed by atoms with Crippen molar-refractivity contribution in [3.05, 3.63) is 43.8 Å². The molecule has 0 saturated carbocycles. The predicted octanol–water partition coefficient (Wildman–Crippen LogP) is 3.93. The lowest BCUT2D eigenvalue weighted by molar-refractivity contribution is 0.662. The molecule has 17 heavy (non-hydrogen) atoms. The van der Waals surface area contributed by atoms with Gasteiger partial charge in [-0.3, -0.25) is 0 Å². The van der Waals surface area contributed by atoms with Crippen LogP contribution in [0.2, 0.25) is 0 Å². The van der Waals surface area contributed by atoms with Crippen LogP contribution in [-0.2, 0) is 19.3 Å². The normalized spacial score (nSPS) is 16.1. The molecule has 0 bridgehead atoms. The van der Waals surface area contributed by atoms with Crippen molar-refractivity contribution in [3.8, 4) is 0 Å². The van der Waals surface area contributed by atoms with E-state index in [2.05, 4.69) is 22.9 Å². The van der Waals surface area contributed by atoms with E-state index < -0.39 is 0 Å². The van der Waals surface area contributed by atoms with E-state index in [9.17, 15) is 0 Å². The Morgan fingerprint density at radius 2 is 2.29 bits per heavy atom. The van der Waals surface area contributed by atoms with Crippen LogP contribution >= 0.6 is 22.7 Å². The van der Waals surface area contributed by atoms with Crippen LogP contribution in [0, 0.1) is 0 Å². The summed E-state index contributed by atoms with van der Waals surface area (Å²) in [4.78, 5) is 2.98. The number of hydrogen-bond donors (Lipinski definition) is 1. The van der Waals surface area contributed by atoms with Crippen LogP contribution in [0.25, 0.3) is 0 Å². The summed E-state index contributed by atoms with van der Waals surface area (Å²) in [6.07, 6.45) is 6.05. The summed E-state index contributed by atoms with van der Waals surface area (Å²) in [7, 11) is 0. The van der Waals surface area contributed by atoms with Crippen LogP contribution in [0.5, 0.6) is 0 Å². The molecule has 3 heteroatoms. The first-order valence-corrected chi connectivity index (χ1v) is 7.97. The van der Waals surface area contributed by atoms with Gasteiger partial charge in [-0.25, -0.2) is 0 Å². The quantitative estimate of drug-likeness (QED) is 0.888. The van der Waals surface area contributed by atoms with Crippen LogP contribution in [0.1, 0.15) is 39.8 Å². The maximum atomic E-state index is 6.29. The predicted molar refractivity (Wildman–Crippen MR) is 75.9 cm³/mol. The van der Waals surface area contributed by atoms with E-state index in [0.717, 1.165) is 12.8 Å². The van der Waals surface area contributed by atoms with E-state index in [0.29, 0.717) is 0 Å². The smallest absolute Gasteiger partial charge is 0.0393 e. The summed E-state index contributed by atoms with van der Waals surface area (Å²) in [5.74, 6) is 0. The van der Waals surface area contributed by atoms with Gasteiger partial charge in [0.2, 0.25) is 0 Å². The minimum atomic E-state index is 0.227. The second-order valence-electron chi connectivity index (χ2n) is 4.73. The van der Waals surface area contributed by atoms with Crippen LogP contribution in [0.15, 0.2) is 22.9 Å². The monoisotopic (exact) mass is 263 g/mol. The highest BCUT2D eigenvalue weighted by molar-refractivity contribution is 7.12. The zero-order chi connectivity index (χ0) is 11.7. The van der Waals surface area contributed by atoms with Crippen LogP contribution in [0.3, 0.4) is 0 Å². The number of nitrogens with two attached hydrogens (primary N) is 1. The van der Waals surface area contributed by atoms with Crippen molar-refractivity contribution in [1.82, 2.24) is 0 Å². The summed E-state index contributed by atoms with van der Waals surface area (Å²) >= 11 is 3.71. The Labute approximate surface area is 110 Å². The van der Waals surface area contributed by atoms with Crippen molar-refractivity contribution in [2.75, 3.05) is 0 Å². The van der Waals surface area contributed by atoms with Gasteiger partial charge in [0.25, 0.3) is 0 Å². The molecule has 1 aliphatic rings. The summed E-state index contributed by atoms with van der Waals surface area (Å²) < 4.78 is 0. The third-order valence-electron chi connectivity index (χ3n) is 3.46. The molecular formula is C14H17NS2. The lowest BCUT2D eigenvalue weighted by Gasteiger charge is -2.08. The van der Waals surface area contributed by atoms with Crippen molar-refractivity contribution in [2.45, 2.75) is 38.1 Å². The summed E-state index contributed by atoms with van der Waals surface area (Å²) in [6.45, 7) is 0. The van der Waals surface area contributed by atoms with Crippen molar-refractivity contribution in [2.24, 2.45) is 5.73 Å². The average Bonchev–Trinajstić information content (AvgIpc) is 3.01. The first-order chi connectivity index (χ1) is 8.33. The molecule has 2 N–H and O–H groups in total. The van der Waals surface area contributed by atoms with Gasteiger partial charge in [-0.2, -0.15) is 11.3 Å². The molecule has 0 saturated heterocycles. The van der Waals surface area contributed by atoms with Gasteiger partial charge in [-0.1, -0.05) is 0 Å². The molecule has 3 rings (SSSR count). The second kappa shape index (κ2) is 4.92. The minimum Gasteiger partial charge on any atom is -0.323 e. The first-order valence-electron chi connectivity index (χ1n) is 6.21. The fourth-order valence-corrected chi connectivity index (χ4v) is 4.43. The second-order valence-corrected chi connectivity index (χ2v) is 6.68. The Kier molecular flexibility index (Phi) is 3.32. The van der Waals surface area contributed by atoms with E-state index >= 15 is 0 Å². The molecule has 1 unspecified atom stereocenters. The molecule has 1 nitrogen and oxygen atoms in total. The van der Waals surface area contributed by atoms with E-state index in [1.54, 1.807) is 21.8 Å². The van der Waals surface area contributed by atoms with E-state index in [-0.39, 0.29) is 6.04 Å². The van der Waals surface area contributed by atoms with Gasteiger partial charge in [0.1, 0.15) is 0 Å². The van der Waals surface area contributed by atoms with Crippen molar-refractivity contribution >= 4 is 22.7 Å². The number of aryl methyl sites for hydroxylation is 3. The van der Waals surface area contributed by atoms with Gasteiger partial charge in [-0.15, -0.1) is 11.3 Å². The molecule has 0 fully saturated rings. The van der Waals surface area contributed by atoms with Crippen molar-refractivity contribution in [3.63, 3.8) is 0 Å². The topological polar surface area (TPSA) is 26.0 Å². The van der Waals surface area contributed by atoms with Crippen LogP contribution < -0.4 is 5.73 Å². The summed E-state index contributed by atoms with van der Waals surface area (Å²) in [6, 6.07) is 4.78. The molecule has 0 radical (unpaired) electrons. The number of fused-ring (bicyclic) bond motifs is 1. The van der Waals surface area contributed by atoms with Gasteiger partial charge >= 0.3 is 0 Å². The molecular weight excluding hydrogens is 246 g/mol. The number of rotatable bonds is 4. The van der Waals surface area contributed by atoms with Crippen molar-refractivity contribution < 1.29 is 0 Å². The molecule has 2 aromatic heterocycles. The van der Waals surface area contributed by atoms with Gasteiger partial charge in [0, 0.05) is 15.8 Å². The van der Waals surface area contributed by atoms with E-state index in [1.807, 2.05) is 11.3 Å². The first kappa shape index (κ1) is 11.5. The molecule has 0 spiro atoms. The lowest BCUT2D eigenvalue weighted by Crippen LogP contribution is -2.09. The van der Waals surface area contributed by atoms with Gasteiger partial charge in [0.05, 0.1) is 0 Å². The fraction of sp³-hybridized carbons (Fsp3) is 0.429. The molecule has 1 atom stereocenters. The largest absolute Gasteiger partial charge is 0.323 e. The van der Waals surface area contributed by atoms with Gasteiger partial charge in [-0.05, 0) is 66.1 Å². The lowest BCUT2D eigenvalue weighted by atomic mass is 10.1. The minimum absolute atomic E-state index is 0.227. The zero-order valence-corrected chi connectivity index (χ0v) is 11.4. The standard InChI is InChI=1S/C14H17NS2/c15-12(5-4-10-6-7-16-9-10)14-8-11-2-1-3-13(11)17-14/h6-9,12H,1-5,15H2. The fourth-order valence-electron chi connectivity index (χ4n) is 2.43. The highest BCUT2D eigenvalue weighted by atomic mass is 32.1. The Balaban J connectivity index is 1.63. The molecule has 0 aromatic carbocycles. The SMILES string of the molecule is NC(CCc1ccsc1)c1cc2c(s1)CCC2. The number of hydrogen-bond acceptors (Lipinski definition) is 3. The van der Waals surface area contributed by atoms with Crippen LogP contribution in [0.4, 0.5) is 0 Å². The Hall–Kier alpha value is -0.640. The molecule has 1 aliphatic carbocycles. The Morgan fingerprint density at radius 3 is 3.06 bits per heavy atom. The molecule has 2 aromatic rings. The maximum absolute atomic E-state index is 6.29. The van der Waals surface area contributed by atoms with Gasteiger partial charge in [0.15, 0.2) is 0 Å². The highest BCUT2D eigenvalue weighted by Crippen LogP contribution is 2.34. The molecule has 90 valence electrons. The van der Waals surface area contributed by atoms with Crippen molar-refractivity contribution in [1.29, 1.82) is 0 Å². The highest BCUT2D eigenvalue weighted by Gasteiger charge is 2.17. The van der Waals surface area contributed by atoms with Gasteiger partial charge < -0.3 is 5.73 Å².